The van der Waals surface area contributed by atoms with E-state index in [1.807, 2.05) is 0 Å². The second-order valence-electron chi connectivity index (χ2n) is 28.7. The highest BCUT2D eigenvalue weighted by molar-refractivity contribution is 6.46. The van der Waals surface area contributed by atoms with Crippen molar-refractivity contribution in [3.63, 3.8) is 0 Å². The summed E-state index contributed by atoms with van der Waals surface area (Å²) >= 11 is 0. The maximum atomic E-state index is 13.9. The van der Waals surface area contributed by atoms with Gasteiger partial charge in [-0.25, -0.2) is 0 Å². The molecule has 4 aliphatic heterocycles. The summed E-state index contributed by atoms with van der Waals surface area (Å²) in [7, 11) is -2.63. The Hall–Kier alpha value is -4.78. The number of hydrogen-bond donors (Lipinski definition) is 8. The molecule has 0 amide bonds. The van der Waals surface area contributed by atoms with Gasteiger partial charge < -0.3 is 78.9 Å². The van der Waals surface area contributed by atoms with E-state index in [0.717, 1.165) is 47.9 Å². The fraction of sp³-hybridized carbons (Fsp3) is 0.667. The summed E-state index contributed by atoms with van der Waals surface area (Å²) in [6.07, 6.45) is 7.57. The average Bonchev–Trinajstić information content (AvgIpc) is 0.851. The molecule has 1 aliphatic carbocycles. The van der Waals surface area contributed by atoms with E-state index in [1.165, 1.54) is 0 Å². The number of phenolic OH excluding ortho intramolecular Hbond substituents is 4. The van der Waals surface area contributed by atoms with Crippen LogP contribution in [0.5, 0.6) is 46.0 Å². The molecule has 20 heteroatoms. The Morgan fingerprint density at radius 2 is 0.533 bits per heavy atom. The summed E-state index contributed by atoms with van der Waals surface area (Å²) in [4.78, 5) is 0. The minimum absolute atomic E-state index is 0.0458. The molecular weight excluding hydrogens is 1160 g/mol. The normalized spacial score (nSPS) is 23.4. The zero-order valence-electron chi connectivity index (χ0n) is 58.7. The first-order valence-electron chi connectivity index (χ1n) is 35.8. The van der Waals surface area contributed by atoms with Crippen LogP contribution in [-0.4, -0.2) is 99.5 Å². The van der Waals surface area contributed by atoms with Crippen molar-refractivity contribution in [1.29, 1.82) is 0 Å². The van der Waals surface area contributed by atoms with Crippen LogP contribution in [0.3, 0.4) is 0 Å². The molecule has 0 aromatic heterocycles. The van der Waals surface area contributed by atoms with Gasteiger partial charge in [0.1, 0.15) is 46.0 Å². The van der Waals surface area contributed by atoms with Crippen LogP contribution in [-0.2, 0) is 44.8 Å². The van der Waals surface area contributed by atoms with Crippen molar-refractivity contribution in [1.82, 2.24) is 21.3 Å². The first-order chi connectivity index (χ1) is 44.2. The van der Waals surface area contributed by atoms with Gasteiger partial charge in [-0.05, 0) is 125 Å². The van der Waals surface area contributed by atoms with Crippen LogP contribution in [0.25, 0.3) is 0 Å². The van der Waals surface area contributed by atoms with Crippen molar-refractivity contribution in [2.75, 3.05) is 26.4 Å². The number of phenols is 4. The Labute approximate surface area is 553 Å². The van der Waals surface area contributed by atoms with Crippen LogP contribution >= 0.6 is 0 Å². The Bertz CT molecular complexity index is 2710. The third-order valence-electron chi connectivity index (χ3n) is 20.0. The van der Waals surface area contributed by atoms with Crippen molar-refractivity contribution in [3.05, 3.63) is 91.0 Å². The van der Waals surface area contributed by atoms with E-state index in [0.29, 0.717) is 145 Å². The van der Waals surface area contributed by atoms with Crippen molar-refractivity contribution in [2.45, 2.75) is 261 Å². The summed E-state index contributed by atoms with van der Waals surface area (Å²) in [6.45, 7) is 37.3. The van der Waals surface area contributed by atoms with Crippen molar-refractivity contribution < 1.29 is 57.7 Å². The lowest BCUT2D eigenvalue weighted by molar-refractivity contribution is 0.229. The lowest BCUT2D eigenvalue weighted by Gasteiger charge is -2.35. The fourth-order valence-electron chi connectivity index (χ4n) is 14.5. The van der Waals surface area contributed by atoms with Crippen molar-refractivity contribution in [3.8, 4) is 46.0 Å². The van der Waals surface area contributed by atoms with Gasteiger partial charge in [0, 0.05) is 167 Å². The molecule has 0 saturated heterocycles. The maximum absolute atomic E-state index is 13.9. The van der Waals surface area contributed by atoms with Crippen LogP contribution in [0, 0.1) is 23.7 Å². The number of benzene rings is 4. The molecule has 4 unspecified atom stereocenters. The molecule has 0 radical (unpaired) electrons. The van der Waals surface area contributed by atoms with Crippen LogP contribution in [0.15, 0.2) is 24.3 Å². The van der Waals surface area contributed by atoms with Crippen molar-refractivity contribution in [2.24, 2.45) is 23.7 Å². The largest absolute Gasteiger partial charge is 0.535 e. The van der Waals surface area contributed by atoms with Gasteiger partial charge in [0.05, 0.1) is 0 Å². The quantitative estimate of drug-likeness (QED) is 0.0492. The maximum Gasteiger partial charge on any atom is 0.525 e. The minimum Gasteiger partial charge on any atom is -0.535 e. The molecule has 4 aromatic carbocycles. The monoisotopic (exact) mass is 1270 g/mol. The van der Waals surface area contributed by atoms with Gasteiger partial charge in [-0.3, -0.25) is 0 Å². The molecule has 4 heterocycles. The first kappa shape index (κ1) is 71.5. The van der Waals surface area contributed by atoms with E-state index in [-0.39, 0.29) is 97.0 Å². The van der Waals surface area contributed by atoms with E-state index in [4.69, 9.17) is 37.2 Å². The van der Waals surface area contributed by atoms with E-state index < -0.39 is 52.1 Å². The summed E-state index contributed by atoms with van der Waals surface area (Å²) in [5.74, 6) is 0.647. The van der Waals surface area contributed by atoms with E-state index in [1.54, 1.807) is 0 Å². The molecule has 8 bridgehead atoms. The molecule has 8 atom stereocenters. The zero-order valence-corrected chi connectivity index (χ0v) is 58.7. The second kappa shape index (κ2) is 32.3. The molecule has 0 spiro atoms. The van der Waals surface area contributed by atoms with Gasteiger partial charge in [0.2, 0.25) is 0 Å². The molecule has 0 fully saturated rings. The highest BCUT2D eigenvalue weighted by Gasteiger charge is 2.43. The summed E-state index contributed by atoms with van der Waals surface area (Å²) in [5.41, 5.74) is 8.43. The predicted molar refractivity (Wildman–Crippen MR) is 373 cm³/mol. The summed E-state index contributed by atoms with van der Waals surface area (Å²) in [5, 5.41) is 70.7. The van der Waals surface area contributed by atoms with Crippen LogP contribution in [0.4, 0.5) is 0 Å². The van der Waals surface area contributed by atoms with Gasteiger partial charge in [-0.15, -0.1) is 0 Å². The van der Waals surface area contributed by atoms with Crippen LogP contribution in [0.1, 0.15) is 253 Å². The lowest BCUT2D eigenvalue weighted by Crippen LogP contribution is -2.35. The fourth-order valence-corrected chi connectivity index (χ4v) is 14.5. The SMILES string of the molecule is CCB1OC[C@H](CC)NCc2c(O)c3cc(c2O1)C(CC(C)C)c1cc(c2c(c1O)CN[C@@H](CC)COB(CC)O2)C(CC(C)C)c1cc(c2c(c1O)CN[C@@H](CC)COB(CC)O2)C(CC(C)C)c1cc(c2c(c1O)CN[C@@H](CC)COB(CC)O2)C3CC(C)C. The zero-order chi connectivity index (χ0) is 66.2. The van der Waals surface area contributed by atoms with E-state index >= 15 is 0 Å². The van der Waals surface area contributed by atoms with Crippen LogP contribution in [0.2, 0.25) is 25.3 Å². The molecule has 504 valence electrons. The predicted octanol–water partition coefficient (Wildman–Crippen LogP) is 14.7. The number of hydrogen-bond acceptors (Lipinski definition) is 16. The summed E-state index contributed by atoms with van der Waals surface area (Å²) in [6, 6.07) is 8.51. The van der Waals surface area contributed by atoms with Gasteiger partial charge in [-0.1, -0.05) is 111 Å². The Balaban J connectivity index is 1.57. The molecule has 16 nitrogen and oxygen atoms in total. The first-order valence-corrected chi connectivity index (χ1v) is 35.8. The topological polar surface area (TPSA) is 203 Å². The van der Waals surface area contributed by atoms with Crippen LogP contribution < -0.4 is 39.9 Å². The average molecular weight is 1270 g/mol. The van der Waals surface area contributed by atoms with E-state index in [2.05, 4.69) is 156 Å². The summed E-state index contributed by atoms with van der Waals surface area (Å²) < 4.78 is 56.1. The number of aromatic hydroxyl groups is 4. The smallest absolute Gasteiger partial charge is 0.525 e. The molecule has 9 rings (SSSR count). The Morgan fingerprint density at radius 1 is 0.337 bits per heavy atom. The van der Waals surface area contributed by atoms with Crippen molar-refractivity contribution >= 4 is 28.5 Å². The van der Waals surface area contributed by atoms with Gasteiger partial charge in [0.15, 0.2) is 0 Å². The van der Waals surface area contributed by atoms with Gasteiger partial charge in [-0.2, -0.15) is 0 Å². The Morgan fingerprint density at radius 3 is 0.696 bits per heavy atom. The third-order valence-corrected chi connectivity index (χ3v) is 20.0. The number of nitrogens with one attached hydrogen (secondary N) is 4. The molecule has 92 heavy (non-hydrogen) atoms. The van der Waals surface area contributed by atoms with Gasteiger partial charge in [0.25, 0.3) is 0 Å². The minimum atomic E-state index is -0.659. The molecular formula is C72H112B4N4O12. The molecule has 8 N–H and O–H groups in total. The third kappa shape index (κ3) is 15.9. The highest BCUT2D eigenvalue weighted by Crippen LogP contribution is 2.58. The Kier molecular flexibility index (Phi) is 25.1. The molecule has 4 aromatic rings. The van der Waals surface area contributed by atoms with E-state index in [9.17, 15) is 20.4 Å². The number of rotatable bonds is 16. The lowest BCUT2D eigenvalue weighted by atomic mass is 9.72. The molecule has 0 saturated carbocycles. The highest BCUT2D eigenvalue weighted by atomic mass is 16.6. The second-order valence-corrected chi connectivity index (χ2v) is 28.7. The molecule has 5 aliphatic rings. The standard InChI is InChI=1S/C72H112B4N4O12/c1-17-45-37-85-73(21-5)89-69-57-29-53(65(81)61(69)33-77-45)49(25-41(9)10)58-31-55(67(83)63-35-79-47(19-3)38-86-74(22-6)90-70(58)63)51(27-43(13)14)60-32-56(68(84)64-36-80-48(20-4)40-88-76(24-8)92-72(60)64)52(28-44(15)16)59-30-54(50(57)26-42(11)12)66(82)62-34-78-46(18-2)39-87-75(23-7)91-71(59)62/h29-32,41-52,77-84H,17-28,33-40H2,1-16H3/t45-,46-,47-,48-,49?,50?,51?,52?/m0/s1. The number of fused-ring (bicyclic) bond motifs is 16. The van der Waals surface area contributed by atoms with Gasteiger partial charge >= 0.3 is 28.5 Å².